The normalized spacial score (nSPS) is 31.3. The van der Waals surface area contributed by atoms with Crippen LogP contribution in [0.25, 0.3) is 0 Å². The number of hydrogen-bond acceptors (Lipinski definition) is 5. The van der Waals surface area contributed by atoms with Gasteiger partial charge in [0.1, 0.15) is 0 Å². The summed E-state index contributed by atoms with van der Waals surface area (Å²) in [7, 11) is 0. The minimum atomic E-state index is 0.0814. The third kappa shape index (κ3) is 2.67. The molecule has 0 radical (unpaired) electrons. The molecule has 2 aliphatic rings. The van der Waals surface area contributed by atoms with Gasteiger partial charge >= 0.3 is 0 Å². The molecule has 2 fully saturated rings. The van der Waals surface area contributed by atoms with E-state index in [4.69, 9.17) is 9.26 Å². The summed E-state index contributed by atoms with van der Waals surface area (Å²) in [6.07, 6.45) is 4.96. The second-order valence-electron chi connectivity index (χ2n) is 6.36. The van der Waals surface area contributed by atoms with Crippen LogP contribution in [0.1, 0.15) is 63.2 Å². The van der Waals surface area contributed by atoms with Crippen LogP contribution in [-0.4, -0.2) is 29.9 Å². The molecular weight excluding hydrogens is 242 g/mol. The van der Waals surface area contributed by atoms with Crippen molar-refractivity contribution >= 4 is 0 Å². The van der Waals surface area contributed by atoms with Gasteiger partial charge in [0.25, 0.3) is 0 Å². The zero-order valence-corrected chi connectivity index (χ0v) is 11.8. The van der Waals surface area contributed by atoms with Crippen molar-refractivity contribution in [3.63, 3.8) is 0 Å². The average molecular weight is 265 g/mol. The zero-order chi connectivity index (χ0) is 13.3. The predicted molar refractivity (Wildman–Crippen MR) is 70.9 cm³/mol. The second-order valence-corrected chi connectivity index (χ2v) is 6.36. The fourth-order valence-electron chi connectivity index (χ4n) is 3.21. The van der Waals surface area contributed by atoms with Crippen LogP contribution in [0.5, 0.6) is 0 Å². The molecule has 0 bridgehead atoms. The van der Waals surface area contributed by atoms with Crippen molar-refractivity contribution in [3.05, 3.63) is 11.7 Å². The van der Waals surface area contributed by atoms with Crippen molar-refractivity contribution < 1.29 is 9.26 Å². The molecule has 1 aliphatic heterocycles. The maximum Gasteiger partial charge on any atom is 0.230 e. The minimum absolute atomic E-state index is 0.0814. The maximum atomic E-state index is 5.54. The molecule has 0 spiro atoms. The fourth-order valence-corrected chi connectivity index (χ4v) is 3.21. The number of rotatable bonds is 2. The fraction of sp³-hybridized carbons (Fsp3) is 0.857. The Morgan fingerprint density at radius 2 is 2.21 bits per heavy atom. The van der Waals surface area contributed by atoms with E-state index in [9.17, 15) is 0 Å². The Bertz CT molecular complexity index is 424. The molecule has 3 rings (SSSR count). The molecule has 106 valence electrons. The van der Waals surface area contributed by atoms with Gasteiger partial charge in [-0.3, -0.25) is 0 Å². The summed E-state index contributed by atoms with van der Waals surface area (Å²) >= 11 is 0. The van der Waals surface area contributed by atoms with Crippen molar-refractivity contribution in [2.45, 2.75) is 51.5 Å². The van der Waals surface area contributed by atoms with Crippen molar-refractivity contribution in [3.8, 4) is 0 Å². The van der Waals surface area contributed by atoms with E-state index < -0.39 is 0 Å². The smallest absolute Gasteiger partial charge is 0.230 e. The molecule has 2 heterocycles. The Kier molecular flexibility index (Phi) is 3.58. The first-order chi connectivity index (χ1) is 9.17. The number of aromatic nitrogens is 2. The SMILES string of the molecule is CC1(C)CCCCC1c1nc(C2COCCN2)no1. The summed E-state index contributed by atoms with van der Waals surface area (Å²) in [5.41, 5.74) is 0.262. The first-order valence-corrected chi connectivity index (χ1v) is 7.31. The van der Waals surface area contributed by atoms with E-state index in [2.05, 4.69) is 29.3 Å². The summed E-state index contributed by atoms with van der Waals surface area (Å²) in [6, 6.07) is 0.0814. The number of nitrogens with zero attached hydrogens (tertiary/aromatic N) is 2. The predicted octanol–water partition coefficient (Wildman–Crippen LogP) is 2.41. The lowest BCUT2D eigenvalue weighted by Crippen LogP contribution is -2.35. The highest BCUT2D eigenvalue weighted by molar-refractivity contribution is 5.04. The minimum Gasteiger partial charge on any atom is -0.378 e. The van der Waals surface area contributed by atoms with Crippen molar-refractivity contribution in [1.82, 2.24) is 15.5 Å². The van der Waals surface area contributed by atoms with Gasteiger partial charge in [0.2, 0.25) is 5.89 Å². The van der Waals surface area contributed by atoms with Gasteiger partial charge in [-0.2, -0.15) is 4.98 Å². The molecular formula is C14H23N3O2. The first kappa shape index (κ1) is 13.1. The number of nitrogens with one attached hydrogen (secondary N) is 1. The molecule has 1 aromatic heterocycles. The van der Waals surface area contributed by atoms with Crippen LogP contribution in [0.3, 0.4) is 0 Å². The van der Waals surface area contributed by atoms with E-state index in [1.807, 2.05) is 0 Å². The highest BCUT2D eigenvalue weighted by atomic mass is 16.5. The summed E-state index contributed by atoms with van der Waals surface area (Å²) in [4.78, 5) is 4.63. The summed E-state index contributed by atoms with van der Waals surface area (Å²) in [6.45, 7) is 6.86. The van der Waals surface area contributed by atoms with E-state index >= 15 is 0 Å². The Morgan fingerprint density at radius 3 is 2.95 bits per heavy atom. The van der Waals surface area contributed by atoms with Crippen LogP contribution in [0, 0.1) is 5.41 Å². The number of ether oxygens (including phenoxy) is 1. The second kappa shape index (κ2) is 5.21. The highest BCUT2D eigenvalue weighted by Crippen LogP contribution is 2.46. The Balaban J connectivity index is 1.76. The van der Waals surface area contributed by atoms with E-state index in [1.165, 1.54) is 19.3 Å². The van der Waals surface area contributed by atoms with Gasteiger partial charge in [0, 0.05) is 12.5 Å². The van der Waals surface area contributed by atoms with Gasteiger partial charge in [-0.05, 0) is 18.3 Å². The van der Waals surface area contributed by atoms with Crippen molar-refractivity contribution in [2.24, 2.45) is 5.41 Å². The quantitative estimate of drug-likeness (QED) is 0.889. The zero-order valence-electron chi connectivity index (χ0n) is 11.8. The lowest BCUT2D eigenvalue weighted by molar-refractivity contribution is 0.0734. The third-order valence-electron chi connectivity index (χ3n) is 4.50. The average Bonchev–Trinajstić information content (AvgIpc) is 2.88. The molecule has 1 aromatic rings. The summed E-state index contributed by atoms with van der Waals surface area (Å²) in [5, 5.41) is 7.51. The van der Waals surface area contributed by atoms with Gasteiger partial charge in [-0.25, -0.2) is 0 Å². The van der Waals surface area contributed by atoms with E-state index in [0.29, 0.717) is 12.5 Å². The molecule has 2 unspecified atom stereocenters. The molecule has 1 saturated heterocycles. The van der Waals surface area contributed by atoms with E-state index in [1.54, 1.807) is 0 Å². The number of morpholine rings is 1. The molecule has 5 nitrogen and oxygen atoms in total. The topological polar surface area (TPSA) is 60.2 Å². The van der Waals surface area contributed by atoms with E-state index in [-0.39, 0.29) is 11.5 Å². The van der Waals surface area contributed by atoms with Crippen LogP contribution < -0.4 is 5.32 Å². The van der Waals surface area contributed by atoms with Gasteiger partial charge in [-0.1, -0.05) is 31.8 Å². The van der Waals surface area contributed by atoms with Crippen LogP contribution in [0.4, 0.5) is 0 Å². The Hall–Kier alpha value is -0.940. The van der Waals surface area contributed by atoms with Crippen LogP contribution in [-0.2, 0) is 4.74 Å². The van der Waals surface area contributed by atoms with Crippen LogP contribution in [0.15, 0.2) is 4.52 Å². The standard InChI is InChI=1S/C14H23N3O2/c1-14(2)6-4-3-5-10(14)13-16-12(17-19-13)11-9-18-8-7-15-11/h10-11,15H,3-9H2,1-2H3. The summed E-state index contributed by atoms with van der Waals surface area (Å²) < 4.78 is 11.0. The Labute approximate surface area is 114 Å². The van der Waals surface area contributed by atoms with Crippen molar-refractivity contribution in [2.75, 3.05) is 19.8 Å². The largest absolute Gasteiger partial charge is 0.378 e. The number of hydrogen-bond donors (Lipinski definition) is 1. The highest BCUT2D eigenvalue weighted by Gasteiger charge is 2.37. The molecule has 5 heteroatoms. The van der Waals surface area contributed by atoms with Crippen LogP contribution >= 0.6 is 0 Å². The molecule has 1 aliphatic carbocycles. The maximum absolute atomic E-state index is 5.54. The first-order valence-electron chi connectivity index (χ1n) is 7.31. The third-order valence-corrected chi connectivity index (χ3v) is 4.50. The molecule has 1 N–H and O–H groups in total. The monoisotopic (exact) mass is 265 g/mol. The van der Waals surface area contributed by atoms with Gasteiger partial charge < -0.3 is 14.6 Å². The van der Waals surface area contributed by atoms with Gasteiger partial charge in [0.05, 0.1) is 19.3 Å². The lowest BCUT2D eigenvalue weighted by Gasteiger charge is -2.36. The van der Waals surface area contributed by atoms with E-state index in [0.717, 1.165) is 31.3 Å². The van der Waals surface area contributed by atoms with Gasteiger partial charge in [-0.15, -0.1) is 0 Å². The molecule has 0 amide bonds. The lowest BCUT2D eigenvalue weighted by atomic mass is 9.69. The molecule has 19 heavy (non-hydrogen) atoms. The molecule has 2 atom stereocenters. The molecule has 0 aromatic carbocycles. The van der Waals surface area contributed by atoms with Gasteiger partial charge in [0.15, 0.2) is 5.82 Å². The van der Waals surface area contributed by atoms with Crippen LogP contribution in [0.2, 0.25) is 0 Å². The molecule has 1 saturated carbocycles. The summed E-state index contributed by atoms with van der Waals surface area (Å²) in [5.74, 6) is 1.95. The Morgan fingerprint density at radius 1 is 1.32 bits per heavy atom. The van der Waals surface area contributed by atoms with Crippen molar-refractivity contribution in [1.29, 1.82) is 0 Å².